The zero-order valence-electron chi connectivity index (χ0n) is 16.2. The molecule has 2 aliphatic rings. The molecule has 1 amide bonds. The summed E-state index contributed by atoms with van der Waals surface area (Å²) in [6.07, 6.45) is 2.38. The van der Waals surface area contributed by atoms with Crippen LogP contribution in [0.25, 0.3) is 0 Å². The molecule has 4 rings (SSSR count). The Bertz CT molecular complexity index is 836. The molecule has 148 valence electrons. The third-order valence-corrected chi connectivity index (χ3v) is 5.66. The van der Waals surface area contributed by atoms with Crippen molar-refractivity contribution >= 4 is 5.91 Å². The molecule has 3 heterocycles. The van der Waals surface area contributed by atoms with Gasteiger partial charge in [0.2, 0.25) is 0 Å². The maximum atomic E-state index is 13.8. The zero-order chi connectivity index (χ0) is 19.5. The first kappa shape index (κ1) is 18.9. The minimum absolute atomic E-state index is 0.0301. The normalized spacial score (nSPS) is 21.1. The van der Waals surface area contributed by atoms with Crippen molar-refractivity contribution in [2.45, 2.75) is 31.3 Å². The Kier molecular flexibility index (Phi) is 5.57. The Morgan fingerprint density at radius 1 is 1.07 bits per heavy atom. The van der Waals surface area contributed by atoms with Gasteiger partial charge in [-0.15, -0.1) is 0 Å². The Morgan fingerprint density at radius 3 is 2.57 bits per heavy atom. The van der Waals surface area contributed by atoms with Crippen molar-refractivity contribution in [3.63, 3.8) is 0 Å². The third kappa shape index (κ3) is 4.17. The van der Waals surface area contributed by atoms with Crippen molar-refractivity contribution in [3.05, 3.63) is 59.7 Å². The summed E-state index contributed by atoms with van der Waals surface area (Å²) in [6, 6.07) is 12.2. The predicted octanol–water partition coefficient (Wildman–Crippen LogP) is 3.32. The number of halogens is 1. The summed E-state index contributed by atoms with van der Waals surface area (Å²) in [7, 11) is 2.11. The van der Waals surface area contributed by atoms with Crippen molar-refractivity contribution in [3.8, 4) is 5.75 Å². The van der Waals surface area contributed by atoms with Crippen LogP contribution in [0.1, 0.15) is 41.4 Å². The molecule has 1 aromatic carbocycles. The van der Waals surface area contributed by atoms with Crippen molar-refractivity contribution in [1.82, 2.24) is 14.8 Å². The summed E-state index contributed by atoms with van der Waals surface area (Å²) in [4.78, 5) is 21.7. The highest BCUT2D eigenvalue weighted by Crippen LogP contribution is 2.26. The molecule has 0 N–H and O–H groups in total. The number of aromatic nitrogens is 1. The molecule has 28 heavy (non-hydrogen) atoms. The number of piperidine rings is 1. The van der Waals surface area contributed by atoms with Crippen LogP contribution in [0, 0.1) is 5.82 Å². The average molecular weight is 383 g/mol. The van der Waals surface area contributed by atoms with Crippen LogP contribution < -0.4 is 4.74 Å². The van der Waals surface area contributed by atoms with Gasteiger partial charge in [0.15, 0.2) is 11.6 Å². The van der Waals surface area contributed by atoms with Crippen LogP contribution in [0.15, 0.2) is 42.5 Å². The molecule has 0 saturated carbocycles. The van der Waals surface area contributed by atoms with Gasteiger partial charge in [-0.2, -0.15) is 0 Å². The highest BCUT2D eigenvalue weighted by Gasteiger charge is 2.27. The van der Waals surface area contributed by atoms with Crippen LogP contribution in [-0.2, 0) is 0 Å². The predicted molar refractivity (Wildman–Crippen MR) is 105 cm³/mol. The lowest BCUT2D eigenvalue weighted by atomic mass is 10.0. The van der Waals surface area contributed by atoms with Gasteiger partial charge in [-0.05, 0) is 44.3 Å². The number of likely N-dealkylation sites (tertiary alicyclic amines) is 2. The molecule has 6 heteroatoms. The second-order valence-corrected chi connectivity index (χ2v) is 7.74. The van der Waals surface area contributed by atoms with Gasteiger partial charge in [-0.1, -0.05) is 18.2 Å². The number of para-hydroxylation sites is 1. The summed E-state index contributed by atoms with van der Waals surface area (Å²) >= 11 is 0. The number of amides is 1. The number of nitrogens with zero attached hydrogens (tertiary/aromatic N) is 3. The first-order chi connectivity index (χ1) is 13.6. The van der Waals surface area contributed by atoms with Crippen LogP contribution in [0.2, 0.25) is 0 Å². The van der Waals surface area contributed by atoms with E-state index in [-0.39, 0.29) is 23.6 Å². The molecule has 1 aromatic heterocycles. The monoisotopic (exact) mass is 383 g/mol. The maximum Gasteiger partial charge on any atom is 0.272 e. The van der Waals surface area contributed by atoms with Gasteiger partial charge in [0.05, 0.1) is 0 Å². The number of pyridine rings is 1. The first-order valence-electron chi connectivity index (χ1n) is 9.96. The third-order valence-electron chi connectivity index (χ3n) is 5.66. The fourth-order valence-corrected chi connectivity index (χ4v) is 4.03. The molecule has 2 aliphatic heterocycles. The summed E-state index contributed by atoms with van der Waals surface area (Å²) in [5.74, 6) is 0.304. The summed E-state index contributed by atoms with van der Waals surface area (Å²) < 4.78 is 19.5. The Hall–Kier alpha value is -2.47. The van der Waals surface area contributed by atoms with E-state index in [0.717, 1.165) is 25.2 Å². The highest BCUT2D eigenvalue weighted by atomic mass is 19.1. The molecule has 2 aromatic rings. The molecule has 0 radical (unpaired) electrons. The van der Waals surface area contributed by atoms with Gasteiger partial charge in [0.1, 0.15) is 11.8 Å². The Labute approximate surface area is 165 Å². The fourth-order valence-electron chi connectivity index (χ4n) is 4.03. The molecular weight excluding hydrogens is 357 g/mol. The van der Waals surface area contributed by atoms with Gasteiger partial charge in [0.25, 0.3) is 5.91 Å². The van der Waals surface area contributed by atoms with Crippen molar-refractivity contribution in [2.24, 2.45) is 0 Å². The van der Waals surface area contributed by atoms with Crippen LogP contribution in [0.4, 0.5) is 4.39 Å². The minimum atomic E-state index is -0.348. The van der Waals surface area contributed by atoms with E-state index in [4.69, 9.17) is 4.74 Å². The van der Waals surface area contributed by atoms with E-state index in [1.165, 1.54) is 6.07 Å². The van der Waals surface area contributed by atoms with Gasteiger partial charge in [-0.25, -0.2) is 9.37 Å². The number of carbonyl (C=O) groups excluding carboxylic acids is 1. The molecule has 2 fully saturated rings. The van der Waals surface area contributed by atoms with Gasteiger partial charge >= 0.3 is 0 Å². The van der Waals surface area contributed by atoms with E-state index >= 15 is 0 Å². The van der Waals surface area contributed by atoms with Crippen LogP contribution in [0.3, 0.4) is 0 Å². The van der Waals surface area contributed by atoms with Crippen LogP contribution >= 0.6 is 0 Å². The number of rotatable bonds is 4. The maximum absolute atomic E-state index is 13.8. The number of carbonyl (C=O) groups is 1. The molecule has 1 atom stereocenters. The lowest BCUT2D eigenvalue weighted by molar-refractivity contribution is 0.0583. The van der Waals surface area contributed by atoms with Crippen molar-refractivity contribution in [2.75, 3.05) is 33.2 Å². The first-order valence-corrected chi connectivity index (χ1v) is 9.96. The Morgan fingerprint density at radius 2 is 1.86 bits per heavy atom. The van der Waals surface area contributed by atoms with E-state index in [2.05, 4.69) is 16.9 Å². The number of likely N-dealkylation sites (N-methyl/N-ethyl adjacent to an activating group) is 1. The van der Waals surface area contributed by atoms with Gasteiger partial charge in [-0.3, -0.25) is 4.79 Å². The van der Waals surface area contributed by atoms with Crippen molar-refractivity contribution < 1.29 is 13.9 Å². The summed E-state index contributed by atoms with van der Waals surface area (Å²) in [5.41, 5.74) is 1.52. The number of ether oxygens (including phenoxy) is 1. The van der Waals surface area contributed by atoms with E-state index in [1.54, 1.807) is 24.3 Å². The number of hydrogen-bond acceptors (Lipinski definition) is 4. The summed E-state index contributed by atoms with van der Waals surface area (Å²) in [6.45, 7) is 3.25. The second-order valence-electron chi connectivity index (χ2n) is 7.74. The molecule has 5 nitrogen and oxygen atoms in total. The molecule has 0 aliphatic carbocycles. The van der Waals surface area contributed by atoms with E-state index in [1.807, 2.05) is 17.0 Å². The largest absolute Gasteiger partial charge is 0.487 e. The van der Waals surface area contributed by atoms with Gasteiger partial charge in [0, 0.05) is 44.1 Å². The zero-order valence-corrected chi connectivity index (χ0v) is 16.2. The van der Waals surface area contributed by atoms with Crippen LogP contribution in [-0.4, -0.2) is 60.0 Å². The quantitative estimate of drug-likeness (QED) is 0.813. The van der Waals surface area contributed by atoms with Crippen LogP contribution in [0.5, 0.6) is 5.75 Å². The van der Waals surface area contributed by atoms with Crippen molar-refractivity contribution in [1.29, 1.82) is 0 Å². The highest BCUT2D eigenvalue weighted by molar-refractivity contribution is 5.92. The smallest absolute Gasteiger partial charge is 0.272 e. The standard InChI is InChI=1S/C22H26FN3O2/c1-25-12-9-16(15-25)19-6-4-7-20(24-19)22(27)26-13-10-17(11-14-26)28-21-8-3-2-5-18(21)23/h2-8,16-17H,9-15H2,1H3. The lowest BCUT2D eigenvalue weighted by Crippen LogP contribution is -2.42. The fraction of sp³-hybridized carbons (Fsp3) is 0.455. The second kappa shape index (κ2) is 8.27. The lowest BCUT2D eigenvalue weighted by Gasteiger charge is -2.32. The minimum Gasteiger partial charge on any atom is -0.487 e. The molecule has 2 saturated heterocycles. The number of benzene rings is 1. The van der Waals surface area contributed by atoms with E-state index < -0.39 is 0 Å². The number of hydrogen-bond donors (Lipinski definition) is 0. The molecule has 1 unspecified atom stereocenters. The summed E-state index contributed by atoms with van der Waals surface area (Å²) in [5, 5.41) is 0. The average Bonchev–Trinajstić information content (AvgIpc) is 3.16. The molecule has 0 spiro atoms. The molecule has 0 bridgehead atoms. The van der Waals surface area contributed by atoms with E-state index in [9.17, 15) is 9.18 Å². The molecular formula is C22H26FN3O2. The SMILES string of the molecule is CN1CCC(c2cccc(C(=O)N3CCC(Oc4ccccc4F)CC3)n2)C1. The Balaban J connectivity index is 1.36. The van der Waals surface area contributed by atoms with Gasteiger partial charge < -0.3 is 14.5 Å². The topological polar surface area (TPSA) is 45.7 Å². The van der Waals surface area contributed by atoms with E-state index in [0.29, 0.717) is 37.5 Å².